The number of hydrogen-bond donors (Lipinski definition) is 1. The first kappa shape index (κ1) is 15.6. The second kappa shape index (κ2) is 6.06. The topological polar surface area (TPSA) is 44.7 Å². The second-order valence-corrected chi connectivity index (χ2v) is 5.67. The molecule has 2 aliphatic rings. The summed E-state index contributed by atoms with van der Waals surface area (Å²) in [5, 5.41) is 2.81. The van der Waals surface area contributed by atoms with E-state index in [9.17, 15) is 18.0 Å². The molecule has 1 N–H and O–H groups in total. The summed E-state index contributed by atoms with van der Waals surface area (Å²) < 4.78 is 38.3. The average Bonchev–Trinajstić information content (AvgIpc) is 3.33. The number of halogens is 3. The van der Waals surface area contributed by atoms with Crippen molar-refractivity contribution >= 4 is 12.1 Å². The normalized spacial score (nSPS) is 20.7. The van der Waals surface area contributed by atoms with Gasteiger partial charge in [-0.3, -0.25) is 4.79 Å². The number of benzene rings is 1. The maximum atomic E-state index is 12.8. The summed E-state index contributed by atoms with van der Waals surface area (Å²) in [6.07, 6.45) is 1.78. The molecule has 0 saturated heterocycles. The molecule has 1 fully saturated rings. The van der Waals surface area contributed by atoms with Crippen molar-refractivity contribution in [3.05, 3.63) is 47.7 Å². The van der Waals surface area contributed by atoms with E-state index in [2.05, 4.69) is 10.3 Å². The van der Waals surface area contributed by atoms with Gasteiger partial charge in [-0.05, 0) is 36.6 Å². The number of nitrogens with one attached hydrogen (secondary N) is 1. The number of amides is 1. The van der Waals surface area contributed by atoms with Gasteiger partial charge < -0.3 is 10.2 Å². The van der Waals surface area contributed by atoms with Crippen LogP contribution in [-0.4, -0.2) is 23.3 Å². The van der Waals surface area contributed by atoms with Crippen molar-refractivity contribution in [2.45, 2.75) is 31.9 Å². The highest BCUT2D eigenvalue weighted by Crippen LogP contribution is 2.30. The number of hydrogen-bond acceptors (Lipinski definition) is 3. The predicted octanol–water partition coefficient (Wildman–Crippen LogP) is 2.92. The Bertz CT molecular complexity index is 650. The molecule has 1 aromatic carbocycles. The Morgan fingerprint density at radius 1 is 1.35 bits per heavy atom. The zero-order valence-electron chi connectivity index (χ0n) is 12.3. The van der Waals surface area contributed by atoms with E-state index >= 15 is 0 Å². The quantitative estimate of drug-likeness (QED) is 0.926. The van der Waals surface area contributed by atoms with Gasteiger partial charge in [0.15, 0.2) is 6.29 Å². The number of carbonyl (C=O) groups excluding carboxylic acids is 1. The van der Waals surface area contributed by atoms with Crippen molar-refractivity contribution in [2.24, 2.45) is 10.9 Å². The number of allylic oxidation sites excluding steroid dienone is 1. The minimum atomic E-state index is -4.37. The van der Waals surface area contributed by atoms with E-state index in [4.69, 9.17) is 0 Å². The molecule has 1 aliphatic heterocycles. The fraction of sp³-hybridized carbons (Fsp3) is 0.375. The van der Waals surface area contributed by atoms with E-state index in [1.54, 1.807) is 29.5 Å². The van der Waals surface area contributed by atoms with Gasteiger partial charge in [0.2, 0.25) is 5.91 Å². The van der Waals surface area contributed by atoms with Crippen LogP contribution in [0.2, 0.25) is 0 Å². The molecule has 1 heterocycles. The fourth-order valence-corrected chi connectivity index (χ4v) is 2.35. The molecule has 4 nitrogen and oxygen atoms in total. The van der Waals surface area contributed by atoms with Crippen molar-refractivity contribution in [1.29, 1.82) is 0 Å². The maximum Gasteiger partial charge on any atom is 0.416 e. The Kier molecular flexibility index (Phi) is 4.11. The molecule has 1 unspecified atom stereocenters. The number of nitrogens with zero attached hydrogens (tertiary/aromatic N) is 2. The van der Waals surface area contributed by atoms with Gasteiger partial charge in [-0.15, -0.1) is 0 Å². The van der Waals surface area contributed by atoms with Crippen LogP contribution < -0.4 is 5.32 Å². The molecule has 0 radical (unpaired) electrons. The highest BCUT2D eigenvalue weighted by atomic mass is 19.4. The summed E-state index contributed by atoms with van der Waals surface area (Å²) in [5.74, 6) is -0.0111. The molecular weight excluding hydrogens is 307 g/mol. The molecule has 0 aromatic heterocycles. The highest BCUT2D eigenvalue weighted by Gasteiger charge is 2.32. The van der Waals surface area contributed by atoms with Gasteiger partial charge in [-0.1, -0.05) is 12.1 Å². The van der Waals surface area contributed by atoms with Crippen molar-refractivity contribution in [3.63, 3.8) is 0 Å². The lowest BCUT2D eigenvalue weighted by atomic mass is 10.1. The third-order valence-corrected chi connectivity index (χ3v) is 3.74. The summed E-state index contributed by atoms with van der Waals surface area (Å²) in [6.45, 7) is 0.230. The standard InChI is InChI=1S/C16H16F3N3O/c17-16(18,19)13-4-1-3-11(9-13)10-22-8-2-7-20-15(22)21-14(23)12-5-6-12/h1-4,7-9,12,15H,5-6,10H2,(H,21,23). The maximum absolute atomic E-state index is 12.8. The monoisotopic (exact) mass is 323 g/mol. The van der Waals surface area contributed by atoms with E-state index in [0.717, 1.165) is 25.0 Å². The van der Waals surface area contributed by atoms with E-state index < -0.39 is 18.0 Å². The molecule has 3 rings (SSSR count). The fourth-order valence-electron chi connectivity index (χ4n) is 2.35. The van der Waals surface area contributed by atoms with Gasteiger partial charge in [0.05, 0.1) is 5.56 Å². The minimum Gasteiger partial charge on any atom is -0.335 e. The Morgan fingerprint density at radius 3 is 2.83 bits per heavy atom. The lowest BCUT2D eigenvalue weighted by molar-refractivity contribution is -0.137. The Hall–Kier alpha value is -2.31. The minimum absolute atomic E-state index is 0.0477. The lowest BCUT2D eigenvalue weighted by Gasteiger charge is -2.30. The van der Waals surface area contributed by atoms with Crippen LogP contribution in [0.1, 0.15) is 24.0 Å². The summed E-state index contributed by atoms with van der Waals surface area (Å²) in [6, 6.07) is 5.17. The second-order valence-electron chi connectivity index (χ2n) is 5.67. The molecule has 1 aliphatic carbocycles. The van der Waals surface area contributed by atoms with Crippen LogP contribution in [0, 0.1) is 5.92 Å². The third kappa shape index (κ3) is 3.91. The summed E-state index contributed by atoms with van der Waals surface area (Å²) in [7, 11) is 0. The number of aliphatic imine (C=N–C) groups is 1. The molecule has 7 heteroatoms. The van der Waals surface area contributed by atoms with Gasteiger partial charge in [0.25, 0.3) is 0 Å². The Balaban J connectivity index is 1.71. The average molecular weight is 323 g/mol. The van der Waals surface area contributed by atoms with Crippen molar-refractivity contribution in [1.82, 2.24) is 10.2 Å². The smallest absolute Gasteiger partial charge is 0.335 e. The van der Waals surface area contributed by atoms with Gasteiger partial charge in [-0.25, -0.2) is 4.99 Å². The first-order chi connectivity index (χ1) is 10.9. The van der Waals surface area contributed by atoms with Crippen molar-refractivity contribution in [2.75, 3.05) is 0 Å². The van der Waals surface area contributed by atoms with E-state index in [0.29, 0.717) is 5.56 Å². The molecule has 23 heavy (non-hydrogen) atoms. The molecule has 1 saturated carbocycles. The number of alkyl halides is 3. The van der Waals surface area contributed by atoms with E-state index in [1.165, 1.54) is 6.07 Å². The third-order valence-electron chi connectivity index (χ3n) is 3.74. The van der Waals surface area contributed by atoms with Gasteiger partial charge in [0, 0.05) is 24.9 Å². The lowest BCUT2D eigenvalue weighted by Crippen LogP contribution is -2.45. The zero-order valence-corrected chi connectivity index (χ0v) is 12.3. The van der Waals surface area contributed by atoms with Crippen LogP contribution in [-0.2, 0) is 17.5 Å². The molecule has 122 valence electrons. The largest absolute Gasteiger partial charge is 0.416 e. The zero-order chi connectivity index (χ0) is 16.4. The van der Waals surface area contributed by atoms with Crippen LogP contribution in [0.4, 0.5) is 13.2 Å². The van der Waals surface area contributed by atoms with Crippen LogP contribution >= 0.6 is 0 Å². The Morgan fingerprint density at radius 2 is 2.13 bits per heavy atom. The summed E-state index contributed by atoms with van der Waals surface area (Å²) in [5.41, 5.74) is -0.176. The van der Waals surface area contributed by atoms with Crippen LogP contribution in [0.25, 0.3) is 0 Å². The molecule has 1 aromatic rings. The van der Waals surface area contributed by atoms with Gasteiger partial charge >= 0.3 is 6.18 Å². The number of carbonyl (C=O) groups is 1. The van der Waals surface area contributed by atoms with Crippen LogP contribution in [0.5, 0.6) is 0 Å². The number of rotatable bonds is 4. The first-order valence-corrected chi connectivity index (χ1v) is 7.36. The van der Waals surface area contributed by atoms with E-state index in [-0.39, 0.29) is 18.4 Å². The summed E-state index contributed by atoms with van der Waals surface area (Å²) >= 11 is 0. The van der Waals surface area contributed by atoms with Crippen LogP contribution in [0.15, 0.2) is 41.5 Å². The summed E-state index contributed by atoms with van der Waals surface area (Å²) in [4.78, 5) is 17.8. The molecule has 1 amide bonds. The van der Waals surface area contributed by atoms with Gasteiger partial charge in [0.1, 0.15) is 0 Å². The molecule has 1 atom stereocenters. The Labute approximate surface area is 131 Å². The first-order valence-electron chi connectivity index (χ1n) is 7.36. The SMILES string of the molecule is O=C(NC1N=CC=CN1Cc1cccc(C(F)(F)F)c1)C1CC1. The molecule has 0 spiro atoms. The van der Waals surface area contributed by atoms with Crippen molar-refractivity contribution in [3.8, 4) is 0 Å². The van der Waals surface area contributed by atoms with Gasteiger partial charge in [-0.2, -0.15) is 13.2 Å². The molecular formula is C16H16F3N3O. The highest BCUT2D eigenvalue weighted by molar-refractivity contribution is 5.81. The van der Waals surface area contributed by atoms with E-state index in [1.807, 2.05) is 0 Å². The van der Waals surface area contributed by atoms with Crippen molar-refractivity contribution < 1.29 is 18.0 Å². The van der Waals surface area contributed by atoms with Crippen LogP contribution in [0.3, 0.4) is 0 Å². The molecule has 0 bridgehead atoms. The predicted molar refractivity (Wildman–Crippen MR) is 79.3 cm³/mol.